The Labute approximate surface area is 114 Å². The number of benzene rings is 2. The van der Waals surface area contributed by atoms with Crippen LogP contribution in [0.15, 0.2) is 48.5 Å². The van der Waals surface area contributed by atoms with Crippen molar-refractivity contribution in [3.8, 4) is 5.75 Å². The summed E-state index contributed by atoms with van der Waals surface area (Å²) in [6.07, 6.45) is -4.30. The zero-order chi connectivity index (χ0) is 14.2. The molecule has 2 nitrogen and oxygen atoms in total. The van der Waals surface area contributed by atoms with E-state index in [1.165, 1.54) is 12.1 Å². The van der Waals surface area contributed by atoms with Gasteiger partial charge >= 0.3 is 6.18 Å². The molecule has 0 bridgehead atoms. The topological polar surface area (TPSA) is 21.3 Å². The van der Waals surface area contributed by atoms with Crippen molar-refractivity contribution < 1.29 is 17.9 Å². The van der Waals surface area contributed by atoms with Gasteiger partial charge in [-0.3, -0.25) is 0 Å². The average molecular weight is 279 g/mol. The monoisotopic (exact) mass is 279 g/mol. The van der Waals surface area contributed by atoms with Crippen LogP contribution in [0.1, 0.15) is 17.2 Å². The molecule has 0 spiro atoms. The summed E-state index contributed by atoms with van der Waals surface area (Å²) < 4.78 is 43.0. The number of ether oxygens (including phenoxy) is 1. The lowest BCUT2D eigenvalue weighted by molar-refractivity contribution is -0.137. The summed E-state index contributed by atoms with van der Waals surface area (Å²) in [5, 5.41) is 3.18. The molecule has 3 rings (SSSR count). The van der Waals surface area contributed by atoms with Gasteiger partial charge in [0.05, 0.1) is 11.6 Å². The van der Waals surface area contributed by atoms with E-state index >= 15 is 0 Å². The van der Waals surface area contributed by atoms with Crippen LogP contribution in [0, 0.1) is 0 Å². The second-order valence-corrected chi connectivity index (χ2v) is 4.62. The third-order valence-corrected chi connectivity index (χ3v) is 3.25. The molecule has 0 radical (unpaired) electrons. The number of para-hydroxylation sites is 1. The molecule has 0 amide bonds. The third kappa shape index (κ3) is 2.43. The highest BCUT2D eigenvalue weighted by atomic mass is 19.4. The second kappa shape index (κ2) is 4.74. The van der Waals surface area contributed by atoms with Crippen LogP contribution in [0.25, 0.3) is 0 Å². The summed E-state index contributed by atoms with van der Waals surface area (Å²) in [7, 11) is 0. The molecular formula is C15H12F3NO. The summed E-state index contributed by atoms with van der Waals surface area (Å²) in [5.74, 6) is 0.817. The Hall–Kier alpha value is -2.17. The minimum Gasteiger partial charge on any atom is -0.491 e. The van der Waals surface area contributed by atoms with Crippen LogP contribution in [0.4, 0.5) is 18.9 Å². The van der Waals surface area contributed by atoms with E-state index in [0.29, 0.717) is 12.3 Å². The molecule has 0 aromatic heterocycles. The van der Waals surface area contributed by atoms with Crippen molar-refractivity contribution in [2.75, 3.05) is 11.9 Å². The predicted octanol–water partition coefficient (Wildman–Crippen LogP) is 4.25. The lowest BCUT2D eigenvalue weighted by Gasteiger charge is -2.14. The quantitative estimate of drug-likeness (QED) is 0.887. The predicted molar refractivity (Wildman–Crippen MR) is 69.7 cm³/mol. The maximum Gasteiger partial charge on any atom is 0.416 e. The molecule has 0 saturated heterocycles. The normalized spacial score (nSPS) is 17.4. The summed E-state index contributed by atoms with van der Waals surface area (Å²) in [6, 6.07) is 12.6. The first-order valence-corrected chi connectivity index (χ1v) is 6.19. The first kappa shape index (κ1) is 12.8. The van der Waals surface area contributed by atoms with Crippen LogP contribution in [-0.4, -0.2) is 6.61 Å². The first-order valence-electron chi connectivity index (χ1n) is 6.19. The van der Waals surface area contributed by atoms with Gasteiger partial charge in [0.15, 0.2) is 0 Å². The van der Waals surface area contributed by atoms with Crippen molar-refractivity contribution in [3.05, 3.63) is 59.7 Å². The Kier molecular flexibility index (Phi) is 3.04. The van der Waals surface area contributed by atoms with Crippen LogP contribution < -0.4 is 10.1 Å². The van der Waals surface area contributed by atoms with E-state index in [2.05, 4.69) is 5.32 Å². The van der Waals surface area contributed by atoms with Gasteiger partial charge in [0.2, 0.25) is 0 Å². The van der Waals surface area contributed by atoms with Crippen LogP contribution in [0.2, 0.25) is 0 Å². The van der Waals surface area contributed by atoms with E-state index in [-0.39, 0.29) is 6.04 Å². The maximum atomic E-state index is 12.5. The van der Waals surface area contributed by atoms with Crippen molar-refractivity contribution in [2.45, 2.75) is 12.2 Å². The van der Waals surface area contributed by atoms with Crippen molar-refractivity contribution in [1.29, 1.82) is 0 Å². The van der Waals surface area contributed by atoms with E-state index in [1.807, 2.05) is 24.3 Å². The Morgan fingerprint density at radius 3 is 2.40 bits per heavy atom. The van der Waals surface area contributed by atoms with Crippen LogP contribution >= 0.6 is 0 Å². The fraction of sp³-hybridized carbons (Fsp3) is 0.200. The number of rotatable bonds is 2. The second-order valence-electron chi connectivity index (χ2n) is 4.62. The smallest absolute Gasteiger partial charge is 0.416 e. The molecule has 1 aliphatic rings. The summed E-state index contributed by atoms with van der Waals surface area (Å²) in [4.78, 5) is 0. The van der Waals surface area contributed by atoms with Gasteiger partial charge in [-0.1, -0.05) is 18.2 Å². The van der Waals surface area contributed by atoms with Crippen LogP contribution in [0.5, 0.6) is 5.75 Å². The van der Waals surface area contributed by atoms with E-state index in [4.69, 9.17) is 4.74 Å². The maximum absolute atomic E-state index is 12.5. The number of anilines is 1. The molecule has 20 heavy (non-hydrogen) atoms. The molecule has 1 unspecified atom stereocenters. The highest BCUT2D eigenvalue weighted by Crippen LogP contribution is 2.35. The molecule has 5 heteroatoms. The lowest BCUT2D eigenvalue weighted by Crippen LogP contribution is -2.12. The summed E-state index contributed by atoms with van der Waals surface area (Å²) >= 11 is 0. The summed E-state index contributed by atoms with van der Waals surface area (Å²) in [6.45, 7) is 0.473. The van der Waals surface area contributed by atoms with Gasteiger partial charge in [-0.2, -0.15) is 13.2 Å². The molecule has 1 atom stereocenters. The molecule has 2 aromatic carbocycles. The van der Waals surface area contributed by atoms with Gasteiger partial charge in [0, 0.05) is 11.3 Å². The number of hydrogen-bond donors (Lipinski definition) is 1. The number of nitrogens with one attached hydrogen (secondary N) is 1. The largest absolute Gasteiger partial charge is 0.491 e. The molecule has 2 aromatic rings. The molecule has 1 N–H and O–H groups in total. The SMILES string of the molecule is FC(F)(F)c1ccc(NC2COc3ccccc32)cc1. The average Bonchev–Trinajstić information content (AvgIpc) is 2.82. The van der Waals surface area contributed by atoms with Crippen LogP contribution in [-0.2, 0) is 6.18 Å². The van der Waals surface area contributed by atoms with Gasteiger partial charge in [0.1, 0.15) is 12.4 Å². The van der Waals surface area contributed by atoms with Crippen molar-refractivity contribution in [1.82, 2.24) is 0 Å². The highest BCUT2D eigenvalue weighted by Gasteiger charge is 2.30. The minimum atomic E-state index is -4.30. The van der Waals surface area contributed by atoms with Gasteiger partial charge in [-0.15, -0.1) is 0 Å². The molecule has 0 saturated carbocycles. The van der Waals surface area contributed by atoms with E-state index < -0.39 is 11.7 Å². The van der Waals surface area contributed by atoms with Crippen molar-refractivity contribution >= 4 is 5.69 Å². The molecular weight excluding hydrogens is 267 g/mol. The van der Waals surface area contributed by atoms with Gasteiger partial charge in [-0.05, 0) is 30.3 Å². The van der Waals surface area contributed by atoms with E-state index in [9.17, 15) is 13.2 Å². The number of alkyl halides is 3. The number of hydrogen-bond acceptors (Lipinski definition) is 2. The van der Waals surface area contributed by atoms with E-state index in [1.54, 1.807) is 0 Å². The number of halogens is 3. The fourth-order valence-electron chi connectivity index (χ4n) is 2.24. The highest BCUT2D eigenvalue weighted by molar-refractivity contribution is 5.50. The zero-order valence-electron chi connectivity index (χ0n) is 10.4. The van der Waals surface area contributed by atoms with Gasteiger partial charge in [-0.25, -0.2) is 0 Å². The van der Waals surface area contributed by atoms with Crippen LogP contribution in [0.3, 0.4) is 0 Å². The van der Waals surface area contributed by atoms with Crippen molar-refractivity contribution in [2.24, 2.45) is 0 Å². The molecule has 1 aliphatic heterocycles. The Balaban J connectivity index is 1.76. The lowest BCUT2D eigenvalue weighted by atomic mass is 10.1. The van der Waals surface area contributed by atoms with E-state index in [0.717, 1.165) is 23.4 Å². The Morgan fingerprint density at radius 2 is 1.70 bits per heavy atom. The van der Waals surface area contributed by atoms with Gasteiger partial charge < -0.3 is 10.1 Å². The molecule has 0 aliphatic carbocycles. The van der Waals surface area contributed by atoms with Gasteiger partial charge in [0.25, 0.3) is 0 Å². The third-order valence-electron chi connectivity index (χ3n) is 3.25. The molecule has 1 heterocycles. The standard InChI is InChI=1S/C15H12F3NO/c16-15(17,18)10-5-7-11(8-6-10)19-13-9-20-14-4-2-1-3-12(13)14/h1-8,13,19H,9H2. The Bertz CT molecular complexity index is 607. The summed E-state index contributed by atoms with van der Waals surface area (Å²) in [5.41, 5.74) is 1.02. The number of fused-ring (bicyclic) bond motifs is 1. The first-order chi connectivity index (χ1) is 9.54. The molecule has 0 fully saturated rings. The zero-order valence-corrected chi connectivity index (χ0v) is 10.4. The Morgan fingerprint density at radius 1 is 1.00 bits per heavy atom. The minimum absolute atomic E-state index is 0.0389. The van der Waals surface area contributed by atoms with Crippen molar-refractivity contribution in [3.63, 3.8) is 0 Å². The fourth-order valence-corrected chi connectivity index (χ4v) is 2.24. The molecule has 104 valence electrons.